The molecule has 1 atom stereocenters. The predicted molar refractivity (Wildman–Crippen MR) is 84.6 cm³/mol. The first kappa shape index (κ1) is 15.1. The van der Waals surface area contributed by atoms with E-state index in [1.165, 1.54) is 6.33 Å². The fraction of sp³-hybridized carbons (Fsp3) is 0.333. The lowest BCUT2D eigenvalue weighted by Gasteiger charge is -2.20. The second-order valence-corrected chi connectivity index (χ2v) is 5.73. The summed E-state index contributed by atoms with van der Waals surface area (Å²) in [7, 11) is 0. The Morgan fingerprint density at radius 2 is 1.75 bits per heavy atom. The fourth-order valence-corrected chi connectivity index (χ4v) is 2.76. The largest absolute Gasteiger partial charge is 0.363 e. The van der Waals surface area contributed by atoms with Crippen LogP contribution in [0.1, 0.15) is 43.9 Å². The van der Waals surface area contributed by atoms with Gasteiger partial charge in [-0.15, -0.1) is 0 Å². The van der Waals surface area contributed by atoms with Gasteiger partial charge in [0.1, 0.15) is 17.3 Å². The molecule has 1 unspecified atom stereocenters. The molecule has 0 fully saturated rings. The van der Waals surface area contributed by atoms with Gasteiger partial charge in [0, 0.05) is 10.6 Å². The first-order valence-electron chi connectivity index (χ1n) is 6.52. The van der Waals surface area contributed by atoms with Crippen LogP contribution in [-0.2, 0) is 0 Å². The number of anilines is 1. The summed E-state index contributed by atoms with van der Waals surface area (Å²) in [6.45, 7) is 6.17. The molecule has 1 aromatic heterocycles. The van der Waals surface area contributed by atoms with Crippen LogP contribution >= 0.6 is 23.2 Å². The van der Waals surface area contributed by atoms with Crippen LogP contribution in [0.15, 0.2) is 30.6 Å². The standard InChI is InChI=1S/C15H17Cl2N3/c1-9(2)13-14(17)18-8-19-15(13)20-10(3)11-6-4-5-7-12(11)16/h4-10H,1-3H3,(H,18,19,20). The highest BCUT2D eigenvalue weighted by Gasteiger charge is 2.16. The number of benzene rings is 1. The van der Waals surface area contributed by atoms with E-state index in [4.69, 9.17) is 23.2 Å². The molecule has 0 amide bonds. The molecule has 106 valence electrons. The summed E-state index contributed by atoms with van der Waals surface area (Å²) in [6.07, 6.45) is 1.47. The predicted octanol–water partition coefficient (Wildman–Crippen LogP) is 5.08. The van der Waals surface area contributed by atoms with E-state index in [-0.39, 0.29) is 12.0 Å². The van der Waals surface area contributed by atoms with E-state index >= 15 is 0 Å². The van der Waals surface area contributed by atoms with Crippen LogP contribution in [0.25, 0.3) is 0 Å². The maximum absolute atomic E-state index is 6.22. The number of hydrogen-bond donors (Lipinski definition) is 1. The molecule has 0 radical (unpaired) electrons. The Morgan fingerprint density at radius 3 is 2.40 bits per heavy atom. The van der Waals surface area contributed by atoms with Gasteiger partial charge in [-0.2, -0.15) is 0 Å². The van der Waals surface area contributed by atoms with Crippen LogP contribution in [0, 0.1) is 0 Å². The molecule has 2 rings (SSSR count). The number of halogens is 2. The molecule has 3 nitrogen and oxygen atoms in total. The maximum atomic E-state index is 6.22. The molecule has 0 saturated carbocycles. The molecule has 0 spiro atoms. The van der Waals surface area contributed by atoms with Gasteiger partial charge in [0.25, 0.3) is 0 Å². The van der Waals surface area contributed by atoms with E-state index in [9.17, 15) is 0 Å². The zero-order valence-electron chi connectivity index (χ0n) is 11.7. The third-order valence-electron chi connectivity index (χ3n) is 3.14. The molecule has 1 heterocycles. The van der Waals surface area contributed by atoms with Gasteiger partial charge < -0.3 is 5.32 Å². The highest BCUT2D eigenvalue weighted by atomic mass is 35.5. The van der Waals surface area contributed by atoms with Gasteiger partial charge in [-0.25, -0.2) is 9.97 Å². The molecule has 0 aliphatic carbocycles. The van der Waals surface area contributed by atoms with Crippen molar-refractivity contribution in [1.29, 1.82) is 0 Å². The summed E-state index contributed by atoms with van der Waals surface area (Å²) in [4.78, 5) is 8.35. The van der Waals surface area contributed by atoms with Gasteiger partial charge in [0.2, 0.25) is 0 Å². The summed E-state index contributed by atoms with van der Waals surface area (Å²) < 4.78 is 0. The Kier molecular flexibility index (Phi) is 4.84. The van der Waals surface area contributed by atoms with Crippen LogP contribution in [0.5, 0.6) is 0 Å². The smallest absolute Gasteiger partial charge is 0.138 e. The first-order valence-corrected chi connectivity index (χ1v) is 7.27. The van der Waals surface area contributed by atoms with Gasteiger partial charge in [-0.3, -0.25) is 0 Å². The van der Waals surface area contributed by atoms with E-state index < -0.39 is 0 Å². The highest BCUT2D eigenvalue weighted by molar-refractivity contribution is 6.31. The molecule has 1 aromatic carbocycles. The summed E-state index contributed by atoms with van der Waals surface area (Å²) in [6, 6.07) is 7.80. The van der Waals surface area contributed by atoms with Gasteiger partial charge in [-0.1, -0.05) is 55.2 Å². The van der Waals surface area contributed by atoms with Crippen molar-refractivity contribution >= 4 is 29.0 Å². The van der Waals surface area contributed by atoms with Crippen molar-refractivity contribution in [1.82, 2.24) is 9.97 Å². The van der Waals surface area contributed by atoms with Crippen molar-refractivity contribution in [3.8, 4) is 0 Å². The summed E-state index contributed by atoms with van der Waals surface area (Å²) in [5.41, 5.74) is 1.95. The van der Waals surface area contributed by atoms with Gasteiger partial charge >= 0.3 is 0 Å². The minimum Gasteiger partial charge on any atom is -0.363 e. The number of hydrogen-bond acceptors (Lipinski definition) is 3. The van der Waals surface area contributed by atoms with Crippen molar-refractivity contribution in [2.75, 3.05) is 5.32 Å². The van der Waals surface area contributed by atoms with Gasteiger partial charge in [-0.05, 0) is 24.5 Å². The third kappa shape index (κ3) is 3.22. The van der Waals surface area contributed by atoms with Crippen molar-refractivity contribution < 1.29 is 0 Å². The third-order valence-corrected chi connectivity index (χ3v) is 3.78. The topological polar surface area (TPSA) is 37.8 Å². The van der Waals surface area contributed by atoms with Crippen molar-refractivity contribution in [2.24, 2.45) is 0 Å². The van der Waals surface area contributed by atoms with E-state index in [0.29, 0.717) is 5.15 Å². The molecule has 0 bridgehead atoms. The summed E-state index contributed by atoms with van der Waals surface area (Å²) in [5.74, 6) is 0.997. The first-order chi connectivity index (χ1) is 9.50. The second kappa shape index (κ2) is 6.42. The lowest BCUT2D eigenvalue weighted by molar-refractivity contribution is 0.819. The molecule has 2 aromatic rings. The van der Waals surface area contributed by atoms with Crippen molar-refractivity contribution in [3.05, 3.63) is 51.9 Å². The molecule has 0 saturated heterocycles. The molecule has 1 N–H and O–H groups in total. The Labute approximate surface area is 129 Å². The minimum absolute atomic E-state index is 0.0344. The number of aromatic nitrogens is 2. The van der Waals surface area contributed by atoms with Gasteiger partial charge in [0.15, 0.2) is 0 Å². The summed E-state index contributed by atoms with van der Waals surface area (Å²) in [5, 5.41) is 4.59. The maximum Gasteiger partial charge on any atom is 0.138 e. The Bertz CT molecular complexity index is 599. The molecule has 5 heteroatoms. The van der Waals surface area contributed by atoms with E-state index in [1.54, 1.807) is 0 Å². The summed E-state index contributed by atoms with van der Waals surface area (Å²) >= 11 is 12.4. The van der Waals surface area contributed by atoms with Crippen molar-refractivity contribution in [3.63, 3.8) is 0 Å². The normalized spacial score (nSPS) is 12.5. The van der Waals surface area contributed by atoms with Crippen LogP contribution in [0.4, 0.5) is 5.82 Å². The number of nitrogens with zero attached hydrogens (tertiary/aromatic N) is 2. The molecule has 20 heavy (non-hydrogen) atoms. The molecular weight excluding hydrogens is 293 g/mol. The molecular formula is C15H17Cl2N3. The average molecular weight is 310 g/mol. The van der Waals surface area contributed by atoms with E-state index in [2.05, 4.69) is 29.1 Å². The Hall–Kier alpha value is -1.32. The van der Waals surface area contributed by atoms with Crippen LogP contribution < -0.4 is 5.32 Å². The van der Waals surface area contributed by atoms with Crippen LogP contribution in [0.3, 0.4) is 0 Å². The molecule has 0 aliphatic heterocycles. The number of rotatable bonds is 4. The highest BCUT2D eigenvalue weighted by Crippen LogP contribution is 2.31. The zero-order chi connectivity index (χ0) is 14.7. The Balaban J connectivity index is 2.31. The monoisotopic (exact) mass is 309 g/mol. The van der Waals surface area contributed by atoms with E-state index in [1.807, 2.05) is 31.2 Å². The quantitative estimate of drug-likeness (QED) is 0.800. The fourth-order valence-electron chi connectivity index (χ4n) is 2.11. The van der Waals surface area contributed by atoms with Crippen LogP contribution in [0.2, 0.25) is 10.2 Å². The number of nitrogens with one attached hydrogen (secondary N) is 1. The average Bonchev–Trinajstić information content (AvgIpc) is 2.38. The lowest BCUT2D eigenvalue weighted by atomic mass is 10.0. The molecule has 0 aliphatic rings. The second-order valence-electron chi connectivity index (χ2n) is 4.97. The Morgan fingerprint density at radius 1 is 1.05 bits per heavy atom. The van der Waals surface area contributed by atoms with Gasteiger partial charge in [0.05, 0.1) is 6.04 Å². The SMILES string of the molecule is CC(C)c1c(Cl)ncnc1NC(C)c1ccccc1Cl. The van der Waals surface area contributed by atoms with Crippen molar-refractivity contribution in [2.45, 2.75) is 32.7 Å². The van der Waals surface area contributed by atoms with E-state index in [0.717, 1.165) is 22.0 Å². The zero-order valence-corrected chi connectivity index (χ0v) is 13.2. The lowest BCUT2D eigenvalue weighted by Crippen LogP contribution is -2.12. The minimum atomic E-state index is 0.0344. The van der Waals surface area contributed by atoms with Crippen LogP contribution in [-0.4, -0.2) is 9.97 Å².